The number of benzene rings is 2. The average molecular weight is 375 g/mol. The fourth-order valence-corrected chi connectivity index (χ4v) is 2.05. The minimum absolute atomic E-state index is 0.511. The van der Waals surface area contributed by atoms with Gasteiger partial charge >= 0.3 is 0 Å². The first-order chi connectivity index (χ1) is 11.0. The number of nitrogen functional groups attached to an aromatic ring is 2. The smallest absolute Gasteiger partial charge is 0.144 e. The van der Waals surface area contributed by atoms with Crippen LogP contribution >= 0.6 is 15.9 Å². The van der Waals surface area contributed by atoms with Crippen molar-refractivity contribution in [2.75, 3.05) is 25.7 Å². The van der Waals surface area contributed by atoms with Crippen LogP contribution in [-0.2, 0) is 0 Å². The molecule has 0 aliphatic rings. The summed E-state index contributed by atoms with van der Waals surface area (Å²) in [5.41, 5.74) is 13.3. The first-order valence-corrected chi connectivity index (χ1v) is 7.12. The standard InChI is InChI=1S/C8H7BrN2O.C8H8N2O/c1-12-7-3-5(4-10)2-6(9)8(7)11;1-11-8-4-6(5-9)2-3-7(8)10/h2-3H,11H2,1H3;2-4H,10H2,1H3. The molecule has 0 fully saturated rings. The molecule has 118 valence electrons. The molecule has 2 aromatic rings. The number of hydrogen-bond acceptors (Lipinski definition) is 6. The lowest BCUT2D eigenvalue weighted by Crippen LogP contribution is -1.94. The molecule has 0 bridgehead atoms. The molecule has 0 radical (unpaired) electrons. The molecule has 0 saturated heterocycles. The van der Waals surface area contributed by atoms with Gasteiger partial charge in [-0.25, -0.2) is 0 Å². The third-order valence-corrected chi connectivity index (χ3v) is 3.46. The molecule has 0 unspecified atom stereocenters. The first kappa shape index (κ1) is 18.1. The molecule has 7 heteroatoms. The third kappa shape index (κ3) is 4.80. The van der Waals surface area contributed by atoms with E-state index in [0.717, 1.165) is 0 Å². The van der Waals surface area contributed by atoms with E-state index in [1.54, 1.807) is 30.3 Å². The predicted octanol–water partition coefficient (Wildman–Crippen LogP) is 3.06. The molecule has 0 amide bonds. The molecule has 0 atom stereocenters. The van der Waals surface area contributed by atoms with E-state index in [1.165, 1.54) is 14.2 Å². The van der Waals surface area contributed by atoms with Crippen molar-refractivity contribution in [1.82, 2.24) is 0 Å². The number of anilines is 2. The number of methoxy groups -OCH3 is 2. The first-order valence-electron chi connectivity index (χ1n) is 6.33. The lowest BCUT2D eigenvalue weighted by molar-refractivity contribution is 0.416. The second kappa shape index (κ2) is 8.52. The zero-order valence-corrected chi connectivity index (χ0v) is 14.2. The molecule has 6 nitrogen and oxygen atoms in total. The van der Waals surface area contributed by atoms with Gasteiger partial charge in [0.05, 0.1) is 48.9 Å². The average Bonchev–Trinajstić information content (AvgIpc) is 2.58. The number of nitrogens with two attached hydrogens (primary N) is 2. The van der Waals surface area contributed by atoms with Gasteiger partial charge in [0.2, 0.25) is 0 Å². The number of halogens is 1. The van der Waals surface area contributed by atoms with Crippen LogP contribution in [0.1, 0.15) is 11.1 Å². The predicted molar refractivity (Wildman–Crippen MR) is 91.9 cm³/mol. The lowest BCUT2D eigenvalue weighted by Gasteiger charge is -2.05. The van der Waals surface area contributed by atoms with Crippen LogP contribution < -0.4 is 20.9 Å². The molecule has 2 rings (SSSR count). The molecule has 0 spiro atoms. The van der Waals surface area contributed by atoms with Gasteiger partial charge in [0, 0.05) is 16.6 Å². The van der Waals surface area contributed by atoms with Gasteiger partial charge in [-0.05, 0) is 34.1 Å². The van der Waals surface area contributed by atoms with Gasteiger partial charge in [-0.3, -0.25) is 0 Å². The Morgan fingerprint density at radius 2 is 1.48 bits per heavy atom. The van der Waals surface area contributed by atoms with Crippen LogP contribution in [-0.4, -0.2) is 14.2 Å². The van der Waals surface area contributed by atoms with Gasteiger partial charge in [0.15, 0.2) is 0 Å². The van der Waals surface area contributed by atoms with Crippen molar-refractivity contribution >= 4 is 27.3 Å². The van der Waals surface area contributed by atoms with Crippen LogP contribution in [0.4, 0.5) is 11.4 Å². The van der Waals surface area contributed by atoms with E-state index in [1.807, 2.05) is 12.1 Å². The summed E-state index contributed by atoms with van der Waals surface area (Å²) >= 11 is 3.22. The van der Waals surface area contributed by atoms with Crippen LogP contribution in [0.25, 0.3) is 0 Å². The van der Waals surface area contributed by atoms with Crippen LogP contribution in [0.3, 0.4) is 0 Å². The zero-order chi connectivity index (χ0) is 17.4. The minimum atomic E-state index is 0.511. The Morgan fingerprint density at radius 1 is 0.913 bits per heavy atom. The third-order valence-electron chi connectivity index (χ3n) is 2.80. The highest BCUT2D eigenvalue weighted by Gasteiger charge is 2.05. The topological polar surface area (TPSA) is 118 Å². The van der Waals surface area contributed by atoms with E-state index in [9.17, 15) is 0 Å². The van der Waals surface area contributed by atoms with Crippen molar-refractivity contribution in [3.8, 4) is 23.6 Å². The lowest BCUT2D eigenvalue weighted by atomic mass is 10.2. The van der Waals surface area contributed by atoms with Gasteiger partial charge in [-0.1, -0.05) is 0 Å². The highest BCUT2D eigenvalue weighted by atomic mass is 79.9. The van der Waals surface area contributed by atoms with E-state index in [2.05, 4.69) is 15.9 Å². The molecule has 0 heterocycles. The molecule has 0 aliphatic heterocycles. The molecule has 0 aromatic heterocycles. The van der Waals surface area contributed by atoms with Crippen LogP contribution in [0.15, 0.2) is 34.8 Å². The summed E-state index contributed by atoms with van der Waals surface area (Å²) in [7, 11) is 3.03. The Hall–Kier alpha value is -2.90. The molecular formula is C16H15BrN4O2. The van der Waals surface area contributed by atoms with Gasteiger partial charge in [-0.2, -0.15) is 10.5 Å². The number of ether oxygens (including phenoxy) is 2. The van der Waals surface area contributed by atoms with E-state index < -0.39 is 0 Å². The Bertz CT molecular complexity index is 779. The van der Waals surface area contributed by atoms with E-state index in [-0.39, 0.29) is 0 Å². The van der Waals surface area contributed by atoms with Gasteiger partial charge in [0.1, 0.15) is 11.5 Å². The maximum Gasteiger partial charge on any atom is 0.144 e. The van der Waals surface area contributed by atoms with Gasteiger partial charge in [-0.15, -0.1) is 0 Å². The number of nitriles is 2. The summed E-state index contributed by atoms with van der Waals surface area (Å²) in [5, 5.41) is 17.1. The molecular weight excluding hydrogens is 360 g/mol. The Labute approximate surface area is 143 Å². The van der Waals surface area contributed by atoms with Crippen LogP contribution in [0.5, 0.6) is 11.5 Å². The largest absolute Gasteiger partial charge is 0.495 e. The highest BCUT2D eigenvalue weighted by molar-refractivity contribution is 9.10. The van der Waals surface area contributed by atoms with Crippen LogP contribution in [0.2, 0.25) is 0 Å². The van der Waals surface area contributed by atoms with Gasteiger partial charge in [0.25, 0.3) is 0 Å². The number of nitrogens with zero attached hydrogens (tertiary/aromatic N) is 2. The van der Waals surface area contributed by atoms with Crippen molar-refractivity contribution in [1.29, 1.82) is 10.5 Å². The van der Waals surface area contributed by atoms with Crippen molar-refractivity contribution in [3.63, 3.8) is 0 Å². The van der Waals surface area contributed by atoms with Crippen molar-refractivity contribution in [3.05, 3.63) is 45.9 Å². The second-order valence-corrected chi connectivity index (χ2v) is 5.11. The van der Waals surface area contributed by atoms with Crippen molar-refractivity contribution < 1.29 is 9.47 Å². The summed E-state index contributed by atoms with van der Waals surface area (Å²) < 4.78 is 10.6. The summed E-state index contributed by atoms with van der Waals surface area (Å²) in [5.74, 6) is 1.06. The second-order valence-electron chi connectivity index (χ2n) is 4.25. The van der Waals surface area contributed by atoms with Crippen molar-refractivity contribution in [2.24, 2.45) is 0 Å². The van der Waals surface area contributed by atoms with E-state index in [0.29, 0.717) is 38.5 Å². The van der Waals surface area contributed by atoms with E-state index >= 15 is 0 Å². The highest BCUT2D eigenvalue weighted by Crippen LogP contribution is 2.30. The molecule has 0 saturated carbocycles. The van der Waals surface area contributed by atoms with E-state index in [4.69, 9.17) is 31.5 Å². The molecule has 0 aliphatic carbocycles. The van der Waals surface area contributed by atoms with Gasteiger partial charge < -0.3 is 20.9 Å². The summed E-state index contributed by atoms with van der Waals surface area (Å²) in [6.07, 6.45) is 0. The summed E-state index contributed by atoms with van der Waals surface area (Å²) in [4.78, 5) is 0. The normalized spacial score (nSPS) is 8.91. The van der Waals surface area contributed by atoms with Crippen molar-refractivity contribution in [2.45, 2.75) is 0 Å². The maximum atomic E-state index is 8.61. The summed E-state index contributed by atoms with van der Waals surface area (Å²) in [6.45, 7) is 0. The molecule has 2 aromatic carbocycles. The Morgan fingerprint density at radius 3 is 2.00 bits per heavy atom. The molecule has 4 N–H and O–H groups in total. The fourth-order valence-electron chi connectivity index (χ4n) is 1.61. The number of hydrogen-bond donors (Lipinski definition) is 2. The molecule has 23 heavy (non-hydrogen) atoms. The quantitative estimate of drug-likeness (QED) is 0.779. The van der Waals surface area contributed by atoms with Crippen LogP contribution in [0, 0.1) is 22.7 Å². The minimum Gasteiger partial charge on any atom is -0.495 e. The SMILES string of the molecule is COc1cc(C#N)cc(Br)c1N.COc1cc(C#N)ccc1N. The summed E-state index contributed by atoms with van der Waals surface area (Å²) in [6, 6.07) is 12.2. The Kier molecular flexibility index (Phi) is 6.72. The maximum absolute atomic E-state index is 8.61. The monoisotopic (exact) mass is 374 g/mol. The zero-order valence-electron chi connectivity index (χ0n) is 12.6. The number of rotatable bonds is 2. The fraction of sp³-hybridized carbons (Fsp3) is 0.125. The Balaban J connectivity index is 0.000000231.